The van der Waals surface area contributed by atoms with E-state index in [0.717, 1.165) is 42.6 Å². The number of anilines is 1. The third-order valence-electron chi connectivity index (χ3n) is 6.63. The van der Waals surface area contributed by atoms with Crippen LogP contribution in [-0.4, -0.2) is 56.3 Å². The molecule has 1 aliphatic heterocycles. The molecule has 7 heteroatoms. The smallest absolute Gasteiger partial charge is 0.243 e. The number of benzene rings is 2. The van der Waals surface area contributed by atoms with E-state index in [0.29, 0.717) is 50.0 Å². The molecule has 192 valence electrons. The molecule has 1 amide bonds. The zero-order valence-corrected chi connectivity index (χ0v) is 22.6. The topological polar surface area (TPSA) is 60.9 Å². The minimum Gasteiger partial charge on any atom is -0.312 e. The van der Waals surface area contributed by atoms with Crippen molar-refractivity contribution in [3.05, 3.63) is 59.7 Å². The maximum atomic E-state index is 13.6. The van der Waals surface area contributed by atoms with E-state index in [9.17, 15) is 13.2 Å². The molecule has 0 N–H and O–H groups in total. The van der Waals surface area contributed by atoms with Gasteiger partial charge in [0.2, 0.25) is 15.9 Å². The van der Waals surface area contributed by atoms with Gasteiger partial charge in [-0.1, -0.05) is 57.5 Å². The van der Waals surface area contributed by atoms with Crippen molar-refractivity contribution in [2.45, 2.75) is 64.8 Å². The fourth-order valence-corrected chi connectivity index (χ4v) is 6.05. The van der Waals surface area contributed by atoms with Crippen molar-refractivity contribution in [1.82, 2.24) is 9.21 Å². The van der Waals surface area contributed by atoms with Gasteiger partial charge in [0, 0.05) is 45.3 Å². The molecule has 0 atom stereocenters. The maximum absolute atomic E-state index is 13.6. The molecule has 2 aromatic carbocycles. The summed E-state index contributed by atoms with van der Waals surface area (Å²) in [5, 5.41) is 0. The van der Waals surface area contributed by atoms with Crippen LogP contribution in [0.5, 0.6) is 0 Å². The number of aryl methyl sites for hydroxylation is 1. The summed E-state index contributed by atoms with van der Waals surface area (Å²) in [6.45, 7) is 11.6. The van der Waals surface area contributed by atoms with Crippen LogP contribution in [0.2, 0.25) is 0 Å². The molecule has 0 fully saturated rings. The summed E-state index contributed by atoms with van der Waals surface area (Å²) < 4.78 is 28.9. The lowest BCUT2D eigenvalue weighted by molar-refractivity contribution is -0.116. The van der Waals surface area contributed by atoms with E-state index in [1.54, 1.807) is 28.3 Å². The number of sulfonamides is 1. The van der Waals surface area contributed by atoms with Gasteiger partial charge in [-0.2, -0.15) is 4.31 Å². The van der Waals surface area contributed by atoms with Gasteiger partial charge in [-0.25, -0.2) is 8.42 Å². The Morgan fingerprint density at radius 2 is 1.69 bits per heavy atom. The molecular weight excluding hydrogens is 458 g/mol. The molecule has 0 bridgehead atoms. The summed E-state index contributed by atoms with van der Waals surface area (Å²) in [4.78, 5) is 17.0. The minimum atomic E-state index is -3.63. The van der Waals surface area contributed by atoms with Crippen LogP contribution in [0.3, 0.4) is 0 Å². The Labute approximate surface area is 212 Å². The molecule has 0 saturated carbocycles. The van der Waals surface area contributed by atoms with Crippen molar-refractivity contribution in [2.75, 3.05) is 37.6 Å². The van der Waals surface area contributed by atoms with Crippen LogP contribution < -0.4 is 4.90 Å². The van der Waals surface area contributed by atoms with Crippen molar-refractivity contribution in [1.29, 1.82) is 0 Å². The molecule has 0 unspecified atom stereocenters. The van der Waals surface area contributed by atoms with Gasteiger partial charge in [0.25, 0.3) is 0 Å². The van der Waals surface area contributed by atoms with E-state index in [-0.39, 0.29) is 5.91 Å². The third-order valence-corrected chi connectivity index (χ3v) is 8.55. The Hall–Kier alpha value is -2.22. The average Bonchev–Trinajstić information content (AvgIpc) is 2.85. The fraction of sp³-hybridized carbons (Fsp3) is 0.536. The van der Waals surface area contributed by atoms with Gasteiger partial charge in [0.15, 0.2) is 0 Å². The van der Waals surface area contributed by atoms with Gasteiger partial charge in [0.05, 0.1) is 4.90 Å². The highest BCUT2D eigenvalue weighted by Gasteiger charge is 2.27. The van der Waals surface area contributed by atoms with Crippen LogP contribution >= 0.6 is 0 Å². The van der Waals surface area contributed by atoms with Gasteiger partial charge in [0.1, 0.15) is 0 Å². The molecule has 2 aromatic rings. The van der Waals surface area contributed by atoms with E-state index in [1.807, 2.05) is 30.3 Å². The van der Waals surface area contributed by atoms with Gasteiger partial charge < -0.3 is 4.90 Å². The van der Waals surface area contributed by atoms with Crippen molar-refractivity contribution in [3.63, 3.8) is 0 Å². The van der Waals surface area contributed by atoms with Crippen molar-refractivity contribution in [2.24, 2.45) is 5.92 Å². The second kappa shape index (κ2) is 12.7. The molecule has 6 nitrogen and oxygen atoms in total. The predicted octanol–water partition coefficient (Wildman–Crippen LogP) is 4.93. The first-order chi connectivity index (χ1) is 16.7. The van der Waals surface area contributed by atoms with Gasteiger partial charge in [-0.15, -0.1) is 0 Å². The highest BCUT2D eigenvalue weighted by atomic mass is 32.2. The first-order valence-electron chi connectivity index (χ1n) is 12.9. The number of rotatable bonds is 7. The maximum Gasteiger partial charge on any atom is 0.243 e. The minimum absolute atomic E-state index is 0.0219. The Balaban J connectivity index is 1.91. The summed E-state index contributed by atoms with van der Waals surface area (Å²) in [6, 6.07) is 15.4. The largest absolute Gasteiger partial charge is 0.312 e. The standard InChI is InChI=1S/C28H41N3O3S/c1-5-9-25-12-14-27(15-13-25)35(33,34)30-17-8-18-31(24(4)32)28-11-7-6-10-26(28)22-29(20-21-30)19-16-23(2)3/h6-7,10-15,23H,5,8-9,16-22H2,1-4H3. The van der Waals surface area contributed by atoms with Crippen LogP contribution in [0.25, 0.3) is 0 Å². The molecule has 0 spiro atoms. The lowest BCUT2D eigenvalue weighted by Crippen LogP contribution is -2.40. The quantitative estimate of drug-likeness (QED) is 0.542. The number of carbonyl (C=O) groups is 1. The van der Waals surface area contributed by atoms with Crippen molar-refractivity contribution in [3.8, 4) is 0 Å². The molecule has 0 radical (unpaired) electrons. The van der Waals surface area contributed by atoms with Gasteiger partial charge >= 0.3 is 0 Å². The van der Waals surface area contributed by atoms with E-state index in [4.69, 9.17) is 0 Å². The number of para-hydroxylation sites is 1. The molecule has 1 heterocycles. The molecule has 0 aromatic heterocycles. The Bertz CT molecular complexity index is 1070. The number of nitrogens with zero attached hydrogens (tertiary/aromatic N) is 3. The fourth-order valence-electron chi connectivity index (χ4n) is 4.58. The summed E-state index contributed by atoms with van der Waals surface area (Å²) in [7, 11) is -3.63. The average molecular weight is 500 g/mol. The first kappa shape index (κ1) is 27.4. The van der Waals surface area contributed by atoms with Crippen LogP contribution in [0, 0.1) is 5.92 Å². The van der Waals surface area contributed by atoms with Crippen LogP contribution in [0.4, 0.5) is 5.69 Å². The Morgan fingerprint density at radius 3 is 2.34 bits per heavy atom. The van der Waals surface area contributed by atoms with Crippen molar-refractivity contribution >= 4 is 21.6 Å². The molecular formula is C28H41N3O3S. The summed E-state index contributed by atoms with van der Waals surface area (Å²) in [5.41, 5.74) is 3.19. The summed E-state index contributed by atoms with van der Waals surface area (Å²) in [6.07, 6.45) is 3.58. The molecule has 0 saturated heterocycles. The molecule has 35 heavy (non-hydrogen) atoms. The lowest BCUT2D eigenvalue weighted by Gasteiger charge is -2.28. The lowest BCUT2D eigenvalue weighted by atomic mass is 10.1. The molecule has 3 rings (SSSR count). The van der Waals surface area contributed by atoms with Crippen molar-refractivity contribution < 1.29 is 13.2 Å². The van der Waals surface area contributed by atoms with Crippen LogP contribution in [0.1, 0.15) is 58.1 Å². The molecule has 1 aliphatic rings. The van der Waals surface area contributed by atoms with Crippen LogP contribution in [-0.2, 0) is 27.8 Å². The second-order valence-electron chi connectivity index (χ2n) is 9.91. The Morgan fingerprint density at radius 1 is 0.971 bits per heavy atom. The SMILES string of the molecule is CCCc1ccc(S(=O)(=O)N2CCCN(C(C)=O)c3ccccc3CN(CCC(C)C)CC2)cc1. The number of amides is 1. The number of fused-ring (bicyclic) bond motifs is 1. The Kier molecular flexibility index (Phi) is 9.89. The number of hydrogen-bond acceptors (Lipinski definition) is 4. The third kappa shape index (κ3) is 7.38. The summed E-state index contributed by atoms with van der Waals surface area (Å²) in [5.74, 6) is 0.532. The molecule has 0 aliphatic carbocycles. The van der Waals surface area contributed by atoms with Gasteiger partial charge in [-0.05, 0) is 61.1 Å². The monoisotopic (exact) mass is 499 g/mol. The number of carbonyl (C=O) groups excluding carboxylic acids is 1. The van der Waals surface area contributed by atoms with E-state index in [2.05, 4.69) is 31.7 Å². The normalized spacial score (nSPS) is 16.7. The zero-order valence-electron chi connectivity index (χ0n) is 21.7. The zero-order chi connectivity index (χ0) is 25.4. The van der Waals surface area contributed by atoms with E-state index in [1.165, 1.54) is 0 Å². The second-order valence-corrected chi connectivity index (χ2v) is 11.8. The van der Waals surface area contributed by atoms with E-state index >= 15 is 0 Å². The number of hydrogen-bond donors (Lipinski definition) is 0. The summed E-state index contributed by atoms with van der Waals surface area (Å²) >= 11 is 0. The highest BCUT2D eigenvalue weighted by molar-refractivity contribution is 7.89. The predicted molar refractivity (Wildman–Crippen MR) is 143 cm³/mol. The highest BCUT2D eigenvalue weighted by Crippen LogP contribution is 2.25. The van der Waals surface area contributed by atoms with Gasteiger partial charge in [-0.3, -0.25) is 9.69 Å². The van der Waals surface area contributed by atoms with Crippen LogP contribution in [0.15, 0.2) is 53.4 Å². The first-order valence-corrected chi connectivity index (χ1v) is 14.3. The van der Waals surface area contributed by atoms with E-state index < -0.39 is 10.0 Å².